The first-order valence-corrected chi connectivity index (χ1v) is 6.75. The zero-order valence-corrected chi connectivity index (χ0v) is 12.5. The molecular formula is C14H16ClN3O3. The van der Waals surface area contributed by atoms with Crippen LogP contribution in [0.2, 0.25) is 5.02 Å². The number of hydrogen-bond donors (Lipinski definition) is 2. The molecule has 0 saturated heterocycles. The highest BCUT2D eigenvalue weighted by molar-refractivity contribution is 6.32. The molecule has 0 spiro atoms. The summed E-state index contributed by atoms with van der Waals surface area (Å²) in [6.45, 7) is 3.25. The largest absolute Gasteiger partial charge is 0.480 e. The zero-order chi connectivity index (χ0) is 16.0. The fourth-order valence-corrected chi connectivity index (χ4v) is 1.90. The lowest BCUT2D eigenvalue weighted by molar-refractivity contribution is -0.138. The van der Waals surface area contributed by atoms with Crippen LogP contribution in [-0.4, -0.2) is 34.6 Å². The Bertz CT molecular complexity index is 583. The first kappa shape index (κ1) is 16.8. The molecule has 7 heteroatoms. The number of carbonyl (C=O) groups is 2. The molecule has 0 aromatic heterocycles. The molecule has 0 aliphatic carbocycles. The van der Waals surface area contributed by atoms with Gasteiger partial charge >= 0.3 is 12.0 Å². The summed E-state index contributed by atoms with van der Waals surface area (Å²) in [4.78, 5) is 24.2. The molecule has 1 rings (SSSR count). The van der Waals surface area contributed by atoms with Gasteiger partial charge in [0.05, 0.1) is 10.6 Å². The second-order valence-electron chi connectivity index (χ2n) is 4.52. The molecule has 112 valence electrons. The van der Waals surface area contributed by atoms with Crippen LogP contribution in [0.15, 0.2) is 18.2 Å². The van der Waals surface area contributed by atoms with Crippen LogP contribution in [0.5, 0.6) is 0 Å². The van der Waals surface area contributed by atoms with Gasteiger partial charge in [0, 0.05) is 11.7 Å². The number of hydrogen-bond acceptors (Lipinski definition) is 3. The molecule has 0 fully saturated rings. The van der Waals surface area contributed by atoms with E-state index in [-0.39, 0.29) is 17.6 Å². The van der Waals surface area contributed by atoms with Crippen LogP contribution in [0.25, 0.3) is 0 Å². The summed E-state index contributed by atoms with van der Waals surface area (Å²) in [5.74, 6) is -1.08. The lowest BCUT2D eigenvalue weighted by atomic mass is 10.2. The first-order chi connectivity index (χ1) is 9.88. The summed E-state index contributed by atoms with van der Waals surface area (Å²) >= 11 is 5.89. The third kappa shape index (κ3) is 4.65. The predicted molar refractivity (Wildman–Crippen MR) is 79.3 cm³/mol. The SMILES string of the molecule is CCC(C)N(CC(=O)O)C(=O)Nc1ccc(C#N)c(Cl)c1. The van der Waals surface area contributed by atoms with Gasteiger partial charge in [-0.25, -0.2) is 4.79 Å². The highest BCUT2D eigenvalue weighted by atomic mass is 35.5. The van der Waals surface area contributed by atoms with Gasteiger partial charge in [0.1, 0.15) is 12.6 Å². The van der Waals surface area contributed by atoms with Crippen LogP contribution in [0.3, 0.4) is 0 Å². The summed E-state index contributed by atoms with van der Waals surface area (Å²) in [6, 6.07) is 5.67. The minimum atomic E-state index is -1.08. The molecule has 1 atom stereocenters. The number of urea groups is 1. The number of nitriles is 1. The van der Waals surface area contributed by atoms with E-state index >= 15 is 0 Å². The molecule has 0 aliphatic heterocycles. The topological polar surface area (TPSA) is 93.4 Å². The Kier molecular flexibility index (Phi) is 6.00. The average Bonchev–Trinajstić information content (AvgIpc) is 2.43. The van der Waals surface area contributed by atoms with Crippen molar-refractivity contribution in [3.05, 3.63) is 28.8 Å². The van der Waals surface area contributed by atoms with Crippen LogP contribution >= 0.6 is 11.6 Å². The van der Waals surface area contributed by atoms with Gasteiger partial charge in [0.25, 0.3) is 0 Å². The molecule has 6 nitrogen and oxygen atoms in total. The summed E-state index contributed by atoms with van der Waals surface area (Å²) in [7, 11) is 0. The molecule has 0 heterocycles. The Hall–Kier alpha value is -2.26. The smallest absolute Gasteiger partial charge is 0.323 e. The van der Waals surface area contributed by atoms with Crippen molar-refractivity contribution in [2.75, 3.05) is 11.9 Å². The lowest BCUT2D eigenvalue weighted by Crippen LogP contribution is -2.44. The molecule has 0 radical (unpaired) electrons. The maximum atomic E-state index is 12.2. The molecule has 0 saturated carbocycles. The molecule has 0 aliphatic rings. The molecule has 21 heavy (non-hydrogen) atoms. The van der Waals surface area contributed by atoms with Gasteiger partial charge in [0.15, 0.2) is 0 Å². The van der Waals surface area contributed by atoms with E-state index in [0.717, 1.165) is 0 Å². The Balaban J connectivity index is 2.88. The number of nitrogens with one attached hydrogen (secondary N) is 1. The number of carboxylic acids is 1. The quantitative estimate of drug-likeness (QED) is 0.874. The molecule has 2 amide bonds. The van der Waals surface area contributed by atoms with Crippen LogP contribution in [0, 0.1) is 11.3 Å². The maximum absolute atomic E-state index is 12.2. The van der Waals surface area contributed by atoms with Gasteiger partial charge in [0.2, 0.25) is 0 Å². The van der Waals surface area contributed by atoms with Crippen molar-refractivity contribution in [2.45, 2.75) is 26.3 Å². The van der Waals surface area contributed by atoms with E-state index in [1.165, 1.54) is 23.1 Å². The minimum Gasteiger partial charge on any atom is -0.480 e. The van der Waals surface area contributed by atoms with E-state index in [1.54, 1.807) is 6.92 Å². The monoisotopic (exact) mass is 309 g/mol. The van der Waals surface area contributed by atoms with Gasteiger partial charge < -0.3 is 15.3 Å². The third-order valence-corrected chi connectivity index (χ3v) is 3.34. The Morgan fingerprint density at radius 3 is 2.67 bits per heavy atom. The number of carboxylic acid groups (broad SMARTS) is 1. The van der Waals surface area contributed by atoms with Gasteiger partial charge in [-0.1, -0.05) is 18.5 Å². The van der Waals surface area contributed by atoms with Crippen molar-refractivity contribution in [3.63, 3.8) is 0 Å². The number of benzene rings is 1. The molecular weight excluding hydrogens is 294 g/mol. The van der Waals surface area contributed by atoms with E-state index in [1.807, 2.05) is 13.0 Å². The average molecular weight is 310 g/mol. The number of halogens is 1. The number of amides is 2. The summed E-state index contributed by atoms with van der Waals surface area (Å²) in [5, 5.41) is 20.5. The molecule has 1 aromatic rings. The van der Waals surface area contributed by atoms with Gasteiger partial charge in [-0.2, -0.15) is 5.26 Å². The van der Waals surface area contributed by atoms with E-state index in [9.17, 15) is 9.59 Å². The van der Waals surface area contributed by atoms with Crippen molar-refractivity contribution < 1.29 is 14.7 Å². The lowest BCUT2D eigenvalue weighted by Gasteiger charge is -2.27. The van der Waals surface area contributed by atoms with Gasteiger partial charge in [-0.3, -0.25) is 4.79 Å². The Morgan fingerprint density at radius 1 is 1.52 bits per heavy atom. The fourth-order valence-electron chi connectivity index (χ4n) is 1.67. The maximum Gasteiger partial charge on any atom is 0.323 e. The Morgan fingerprint density at radius 2 is 2.19 bits per heavy atom. The molecule has 1 unspecified atom stereocenters. The molecule has 1 aromatic carbocycles. The van der Waals surface area contributed by atoms with Crippen molar-refractivity contribution in [3.8, 4) is 6.07 Å². The highest BCUT2D eigenvalue weighted by Gasteiger charge is 2.21. The van der Waals surface area contributed by atoms with Crippen molar-refractivity contribution >= 4 is 29.3 Å². The normalized spacial score (nSPS) is 11.3. The van der Waals surface area contributed by atoms with Gasteiger partial charge in [-0.15, -0.1) is 0 Å². The number of aliphatic carboxylic acids is 1. The number of carbonyl (C=O) groups excluding carboxylic acids is 1. The second kappa shape index (κ2) is 7.50. The number of nitrogens with zero attached hydrogens (tertiary/aromatic N) is 2. The molecule has 2 N–H and O–H groups in total. The number of anilines is 1. The highest BCUT2D eigenvalue weighted by Crippen LogP contribution is 2.20. The zero-order valence-electron chi connectivity index (χ0n) is 11.8. The summed E-state index contributed by atoms with van der Waals surface area (Å²) in [6.07, 6.45) is 0.634. The standard InChI is InChI=1S/C14H16ClN3O3/c1-3-9(2)18(8-13(19)20)14(21)17-11-5-4-10(7-16)12(15)6-11/h4-6,9H,3,8H2,1-2H3,(H,17,21)(H,19,20). The molecule has 0 bridgehead atoms. The predicted octanol–water partition coefficient (Wildman–Crippen LogP) is 2.93. The van der Waals surface area contributed by atoms with Crippen LogP contribution in [0.4, 0.5) is 10.5 Å². The minimum absolute atomic E-state index is 0.213. The van der Waals surface area contributed by atoms with E-state index in [4.69, 9.17) is 22.0 Å². The van der Waals surface area contributed by atoms with E-state index in [0.29, 0.717) is 17.7 Å². The Labute approximate surface area is 127 Å². The second-order valence-corrected chi connectivity index (χ2v) is 4.92. The van der Waals surface area contributed by atoms with Crippen LogP contribution in [0.1, 0.15) is 25.8 Å². The van der Waals surface area contributed by atoms with E-state index in [2.05, 4.69) is 5.32 Å². The third-order valence-electron chi connectivity index (χ3n) is 3.03. The van der Waals surface area contributed by atoms with Crippen LogP contribution < -0.4 is 5.32 Å². The van der Waals surface area contributed by atoms with Crippen LogP contribution in [-0.2, 0) is 4.79 Å². The summed E-state index contributed by atoms with van der Waals surface area (Å²) in [5.41, 5.74) is 0.710. The summed E-state index contributed by atoms with van der Waals surface area (Å²) < 4.78 is 0. The first-order valence-electron chi connectivity index (χ1n) is 6.38. The fraction of sp³-hybridized carbons (Fsp3) is 0.357. The van der Waals surface area contributed by atoms with Crippen molar-refractivity contribution in [1.82, 2.24) is 4.90 Å². The van der Waals surface area contributed by atoms with Crippen molar-refractivity contribution in [1.29, 1.82) is 5.26 Å². The van der Waals surface area contributed by atoms with E-state index < -0.39 is 12.0 Å². The number of rotatable bonds is 5. The van der Waals surface area contributed by atoms with Crippen molar-refractivity contribution in [2.24, 2.45) is 0 Å². The van der Waals surface area contributed by atoms with Gasteiger partial charge in [-0.05, 0) is 31.5 Å².